The minimum Gasteiger partial charge on any atom is -0.396 e. The fraction of sp³-hybridized carbons (Fsp3) is 0.393. The van der Waals surface area contributed by atoms with E-state index in [1.807, 2.05) is 50.2 Å². The Morgan fingerprint density at radius 2 is 1.62 bits per heavy atom. The number of allylic oxidation sites excluding steroid dienone is 1. The summed E-state index contributed by atoms with van der Waals surface area (Å²) in [5.74, 6) is -1.54. The van der Waals surface area contributed by atoms with Gasteiger partial charge in [-0.2, -0.15) is 0 Å². The van der Waals surface area contributed by atoms with Crippen molar-refractivity contribution < 1.29 is 24.6 Å². The third-order valence-corrected chi connectivity index (χ3v) is 7.03. The molecule has 0 aliphatic heterocycles. The van der Waals surface area contributed by atoms with E-state index in [9.17, 15) is 19.5 Å². The van der Waals surface area contributed by atoms with Crippen molar-refractivity contribution in [2.75, 3.05) is 6.61 Å². The highest BCUT2D eigenvalue weighted by molar-refractivity contribution is 6.18. The van der Waals surface area contributed by atoms with Crippen LogP contribution in [0.3, 0.4) is 0 Å². The number of aliphatic hydroxyl groups is 2. The maximum absolute atomic E-state index is 13.1. The zero-order chi connectivity index (χ0) is 24.4. The molecule has 0 heterocycles. The normalized spacial score (nSPS) is 22.1. The van der Waals surface area contributed by atoms with Gasteiger partial charge in [0.25, 0.3) is 5.91 Å². The Labute approximate surface area is 199 Å². The molecule has 1 amide bonds. The van der Waals surface area contributed by atoms with Crippen molar-refractivity contribution in [1.82, 2.24) is 5.32 Å². The van der Waals surface area contributed by atoms with Crippen molar-refractivity contribution in [3.8, 4) is 11.1 Å². The Hall–Kier alpha value is -3.09. The second kappa shape index (κ2) is 10.0. The van der Waals surface area contributed by atoms with Crippen LogP contribution in [-0.2, 0) is 16.0 Å². The minimum absolute atomic E-state index is 0.168. The molecule has 34 heavy (non-hydrogen) atoms. The third kappa shape index (κ3) is 5.03. The van der Waals surface area contributed by atoms with Gasteiger partial charge in [0.15, 0.2) is 17.6 Å². The molecule has 1 fully saturated rings. The average Bonchev–Trinajstić information content (AvgIpc) is 3.60. The van der Waals surface area contributed by atoms with Crippen LogP contribution < -0.4 is 5.32 Å². The Morgan fingerprint density at radius 3 is 2.12 bits per heavy atom. The lowest BCUT2D eigenvalue weighted by Gasteiger charge is -2.30. The van der Waals surface area contributed by atoms with Crippen molar-refractivity contribution in [2.24, 2.45) is 11.8 Å². The SMILES string of the molecule is CC1=C(C(=O)C(NC(=O)c2ccc(-c3ccc(CCCO)cc3)cc2)C(=O)C2CC2O)CC1C. The van der Waals surface area contributed by atoms with E-state index in [-0.39, 0.29) is 12.4 Å². The Kier molecular flexibility index (Phi) is 7.10. The number of rotatable bonds is 10. The topological polar surface area (TPSA) is 104 Å². The van der Waals surface area contributed by atoms with Gasteiger partial charge in [-0.05, 0) is 72.9 Å². The smallest absolute Gasteiger partial charge is 0.252 e. The van der Waals surface area contributed by atoms with Crippen LogP contribution in [-0.4, -0.2) is 46.4 Å². The molecule has 0 spiro atoms. The molecule has 0 aromatic heterocycles. The standard InChI is InChI=1S/C28H31NO5/c1-16-14-22(17(16)2)26(32)25(27(33)23-15-24(23)31)29-28(34)21-11-9-20(10-12-21)19-7-5-18(6-8-19)4-3-13-30/h5-12,16,23-25,30-31H,3-4,13-15H2,1-2H3,(H,29,34). The number of aryl methyl sites for hydroxylation is 1. The predicted octanol–water partition coefficient (Wildman–Crippen LogP) is 3.25. The number of carbonyl (C=O) groups excluding carboxylic acids is 3. The van der Waals surface area contributed by atoms with Gasteiger partial charge in [-0.3, -0.25) is 14.4 Å². The molecule has 3 N–H and O–H groups in total. The number of nitrogens with one attached hydrogen (secondary N) is 1. The zero-order valence-electron chi connectivity index (χ0n) is 19.6. The lowest BCUT2D eigenvalue weighted by Crippen LogP contribution is -2.49. The number of amides is 1. The molecule has 2 aromatic carbocycles. The fourth-order valence-electron chi connectivity index (χ4n) is 4.40. The molecule has 4 rings (SSSR count). The van der Waals surface area contributed by atoms with Gasteiger partial charge in [0.2, 0.25) is 0 Å². The summed E-state index contributed by atoms with van der Waals surface area (Å²) in [6.07, 6.45) is 1.75. The first-order chi connectivity index (χ1) is 16.3. The van der Waals surface area contributed by atoms with Gasteiger partial charge in [-0.1, -0.05) is 48.9 Å². The van der Waals surface area contributed by atoms with E-state index in [0.29, 0.717) is 29.9 Å². The average molecular weight is 462 g/mol. The first kappa shape index (κ1) is 24.0. The third-order valence-electron chi connectivity index (χ3n) is 7.03. The number of carbonyl (C=O) groups is 3. The van der Waals surface area contributed by atoms with Crippen LogP contribution in [0.15, 0.2) is 59.7 Å². The van der Waals surface area contributed by atoms with E-state index in [0.717, 1.165) is 35.1 Å². The van der Waals surface area contributed by atoms with E-state index in [2.05, 4.69) is 5.32 Å². The van der Waals surface area contributed by atoms with Gasteiger partial charge in [0, 0.05) is 18.1 Å². The molecule has 6 heteroatoms. The Bertz CT molecular complexity index is 1120. The van der Waals surface area contributed by atoms with E-state index >= 15 is 0 Å². The van der Waals surface area contributed by atoms with Crippen LogP contribution in [0.1, 0.15) is 49.0 Å². The summed E-state index contributed by atoms with van der Waals surface area (Å²) in [6.45, 7) is 4.08. The van der Waals surface area contributed by atoms with Crippen molar-refractivity contribution >= 4 is 17.5 Å². The summed E-state index contributed by atoms with van der Waals surface area (Å²) in [6, 6.07) is 13.8. The lowest BCUT2D eigenvalue weighted by molar-refractivity contribution is -0.129. The zero-order valence-corrected chi connectivity index (χ0v) is 19.6. The minimum atomic E-state index is -1.27. The molecule has 0 saturated heterocycles. The first-order valence-electron chi connectivity index (χ1n) is 11.9. The number of ketones is 2. The van der Waals surface area contributed by atoms with E-state index in [1.54, 1.807) is 12.1 Å². The largest absolute Gasteiger partial charge is 0.396 e. The molecule has 2 aliphatic rings. The van der Waals surface area contributed by atoms with E-state index in [4.69, 9.17) is 5.11 Å². The Balaban J connectivity index is 1.47. The molecular weight excluding hydrogens is 430 g/mol. The number of hydrogen-bond acceptors (Lipinski definition) is 5. The van der Waals surface area contributed by atoms with Gasteiger partial charge in [0.1, 0.15) is 0 Å². The van der Waals surface area contributed by atoms with E-state index < -0.39 is 29.8 Å². The van der Waals surface area contributed by atoms with Crippen LogP contribution in [0.2, 0.25) is 0 Å². The second-order valence-electron chi connectivity index (χ2n) is 9.45. The molecule has 178 valence electrons. The predicted molar refractivity (Wildman–Crippen MR) is 129 cm³/mol. The summed E-state index contributed by atoms with van der Waals surface area (Å²) in [5, 5.41) is 21.3. The highest BCUT2D eigenvalue weighted by Gasteiger charge is 2.48. The number of hydrogen-bond donors (Lipinski definition) is 3. The maximum Gasteiger partial charge on any atom is 0.252 e. The van der Waals surface area contributed by atoms with Crippen LogP contribution in [0.5, 0.6) is 0 Å². The van der Waals surface area contributed by atoms with Gasteiger partial charge in [-0.25, -0.2) is 0 Å². The molecule has 4 unspecified atom stereocenters. The molecule has 0 bridgehead atoms. The fourth-order valence-corrected chi connectivity index (χ4v) is 4.40. The number of Topliss-reactive ketones (excluding diaryl/α,β-unsaturated/α-hetero) is 2. The highest BCUT2D eigenvalue weighted by atomic mass is 16.3. The summed E-state index contributed by atoms with van der Waals surface area (Å²) < 4.78 is 0. The summed E-state index contributed by atoms with van der Waals surface area (Å²) in [7, 11) is 0. The first-order valence-corrected chi connectivity index (χ1v) is 11.9. The van der Waals surface area contributed by atoms with E-state index in [1.165, 1.54) is 0 Å². The molecule has 2 aromatic rings. The maximum atomic E-state index is 13.1. The number of benzene rings is 2. The van der Waals surface area contributed by atoms with Gasteiger partial charge < -0.3 is 15.5 Å². The molecule has 6 nitrogen and oxygen atoms in total. The summed E-state index contributed by atoms with van der Waals surface area (Å²) in [5.41, 5.74) is 5.03. The van der Waals surface area contributed by atoms with Gasteiger partial charge in [-0.15, -0.1) is 0 Å². The molecule has 0 radical (unpaired) electrons. The van der Waals surface area contributed by atoms with Gasteiger partial charge in [0.05, 0.1) is 6.10 Å². The monoisotopic (exact) mass is 461 g/mol. The van der Waals surface area contributed by atoms with Crippen LogP contribution in [0.4, 0.5) is 0 Å². The number of aliphatic hydroxyl groups excluding tert-OH is 2. The van der Waals surface area contributed by atoms with Crippen molar-refractivity contribution in [3.05, 3.63) is 70.8 Å². The quantitative estimate of drug-likeness (QED) is 0.471. The molecule has 1 saturated carbocycles. The van der Waals surface area contributed by atoms with Gasteiger partial charge >= 0.3 is 0 Å². The second-order valence-corrected chi connectivity index (χ2v) is 9.45. The molecular formula is C28H31NO5. The molecule has 2 aliphatic carbocycles. The summed E-state index contributed by atoms with van der Waals surface area (Å²) >= 11 is 0. The highest BCUT2D eigenvalue weighted by Crippen LogP contribution is 2.37. The van der Waals surface area contributed by atoms with Crippen molar-refractivity contribution in [2.45, 2.75) is 51.7 Å². The lowest BCUT2D eigenvalue weighted by atomic mass is 9.75. The van der Waals surface area contributed by atoms with Crippen molar-refractivity contribution in [1.29, 1.82) is 0 Å². The van der Waals surface area contributed by atoms with Crippen LogP contribution in [0, 0.1) is 11.8 Å². The molecule has 4 atom stereocenters. The van der Waals surface area contributed by atoms with Crippen LogP contribution >= 0.6 is 0 Å². The van der Waals surface area contributed by atoms with Crippen molar-refractivity contribution in [3.63, 3.8) is 0 Å². The van der Waals surface area contributed by atoms with Crippen LogP contribution in [0.25, 0.3) is 11.1 Å². The Morgan fingerprint density at radius 1 is 1.03 bits per heavy atom. The summed E-state index contributed by atoms with van der Waals surface area (Å²) in [4.78, 5) is 38.9.